The van der Waals surface area contributed by atoms with Crippen LogP contribution in [0.1, 0.15) is 15.9 Å². The molecular weight excluding hydrogens is 226 g/mol. The Bertz CT molecular complexity index is 552. The van der Waals surface area contributed by atoms with Crippen LogP contribution in [0.2, 0.25) is 0 Å². The molecule has 4 heteroatoms. The van der Waals surface area contributed by atoms with Crippen LogP contribution < -0.4 is 16.6 Å². The Balaban J connectivity index is 2.17. The lowest BCUT2D eigenvalue weighted by molar-refractivity contribution is 0.102. The molecule has 0 spiro atoms. The van der Waals surface area contributed by atoms with Crippen molar-refractivity contribution in [2.75, 3.05) is 10.7 Å². The number of aryl methyl sites for hydroxylation is 1. The highest BCUT2D eigenvalue weighted by Crippen LogP contribution is 2.16. The summed E-state index contributed by atoms with van der Waals surface area (Å²) in [4.78, 5) is 12.0. The minimum absolute atomic E-state index is 0.132. The van der Waals surface area contributed by atoms with Crippen LogP contribution in [-0.2, 0) is 0 Å². The SMILES string of the molecule is Cc1cc(C(=O)Nc2ccccc2)ccc1NN. The molecule has 0 aliphatic rings. The summed E-state index contributed by atoms with van der Waals surface area (Å²) in [5, 5.41) is 2.83. The highest BCUT2D eigenvalue weighted by atomic mass is 16.1. The average molecular weight is 241 g/mol. The molecule has 2 rings (SSSR count). The molecule has 18 heavy (non-hydrogen) atoms. The van der Waals surface area contributed by atoms with Crippen molar-refractivity contribution in [2.45, 2.75) is 6.92 Å². The Kier molecular flexibility index (Phi) is 3.60. The van der Waals surface area contributed by atoms with E-state index in [0.29, 0.717) is 5.56 Å². The van der Waals surface area contributed by atoms with Crippen LogP contribution in [0, 0.1) is 6.92 Å². The number of hydrogen-bond donors (Lipinski definition) is 3. The van der Waals surface area contributed by atoms with Crippen LogP contribution in [0.25, 0.3) is 0 Å². The number of amides is 1. The third-order valence-electron chi connectivity index (χ3n) is 2.68. The van der Waals surface area contributed by atoms with Crippen LogP contribution in [0.5, 0.6) is 0 Å². The Hall–Kier alpha value is -2.33. The van der Waals surface area contributed by atoms with E-state index < -0.39 is 0 Å². The van der Waals surface area contributed by atoms with Gasteiger partial charge in [-0.15, -0.1) is 0 Å². The number of nitrogen functional groups attached to an aromatic ring is 1. The number of benzene rings is 2. The van der Waals surface area contributed by atoms with Gasteiger partial charge in [-0.25, -0.2) is 0 Å². The molecule has 0 saturated heterocycles. The fourth-order valence-electron chi connectivity index (χ4n) is 1.69. The van der Waals surface area contributed by atoms with Crippen molar-refractivity contribution in [1.82, 2.24) is 0 Å². The first-order chi connectivity index (χ1) is 8.70. The van der Waals surface area contributed by atoms with Crippen molar-refractivity contribution in [1.29, 1.82) is 0 Å². The molecule has 0 bridgehead atoms. The fraction of sp³-hybridized carbons (Fsp3) is 0.0714. The molecule has 4 nitrogen and oxygen atoms in total. The summed E-state index contributed by atoms with van der Waals surface area (Å²) in [7, 11) is 0. The standard InChI is InChI=1S/C14H15N3O/c1-10-9-11(7-8-13(10)17-15)14(18)16-12-5-3-2-4-6-12/h2-9,17H,15H2,1H3,(H,16,18). The highest BCUT2D eigenvalue weighted by molar-refractivity contribution is 6.04. The van der Waals surface area contributed by atoms with E-state index in [2.05, 4.69) is 10.7 Å². The molecule has 0 aliphatic heterocycles. The number of carbonyl (C=O) groups excluding carboxylic acids is 1. The first kappa shape index (κ1) is 12.1. The summed E-state index contributed by atoms with van der Waals surface area (Å²) >= 11 is 0. The second-order valence-corrected chi connectivity index (χ2v) is 3.99. The second-order valence-electron chi connectivity index (χ2n) is 3.99. The Morgan fingerprint density at radius 1 is 1.11 bits per heavy atom. The Labute approximate surface area is 106 Å². The zero-order valence-corrected chi connectivity index (χ0v) is 10.1. The number of para-hydroxylation sites is 1. The summed E-state index contributed by atoms with van der Waals surface area (Å²) in [6, 6.07) is 14.7. The molecule has 0 atom stereocenters. The Morgan fingerprint density at radius 2 is 1.83 bits per heavy atom. The summed E-state index contributed by atoms with van der Waals surface area (Å²) in [6.07, 6.45) is 0. The molecular formula is C14H15N3O. The topological polar surface area (TPSA) is 67.2 Å². The molecule has 2 aromatic carbocycles. The van der Waals surface area contributed by atoms with Gasteiger partial charge in [0.25, 0.3) is 5.91 Å². The minimum atomic E-state index is -0.132. The van der Waals surface area contributed by atoms with Gasteiger partial charge in [0.15, 0.2) is 0 Å². The van der Waals surface area contributed by atoms with Gasteiger partial charge in [0.05, 0.1) is 5.69 Å². The molecule has 0 aromatic heterocycles. The smallest absolute Gasteiger partial charge is 0.255 e. The quantitative estimate of drug-likeness (QED) is 0.571. The second kappa shape index (κ2) is 5.33. The van der Waals surface area contributed by atoms with Gasteiger partial charge < -0.3 is 10.7 Å². The maximum atomic E-state index is 12.0. The van der Waals surface area contributed by atoms with Crippen LogP contribution in [-0.4, -0.2) is 5.91 Å². The molecule has 2 aromatic rings. The van der Waals surface area contributed by atoms with Gasteiger partial charge in [-0.2, -0.15) is 0 Å². The number of anilines is 2. The summed E-state index contributed by atoms with van der Waals surface area (Å²) in [6.45, 7) is 1.90. The summed E-state index contributed by atoms with van der Waals surface area (Å²) in [5.74, 6) is 5.22. The van der Waals surface area contributed by atoms with Gasteiger partial charge >= 0.3 is 0 Å². The van der Waals surface area contributed by atoms with Gasteiger partial charge in [-0.05, 0) is 42.8 Å². The lowest BCUT2D eigenvalue weighted by Crippen LogP contribution is -2.13. The largest absolute Gasteiger partial charge is 0.324 e. The molecule has 0 aliphatic carbocycles. The molecule has 0 fully saturated rings. The number of hydrogen-bond acceptors (Lipinski definition) is 3. The van der Waals surface area contributed by atoms with Gasteiger partial charge in [0.1, 0.15) is 0 Å². The molecule has 0 radical (unpaired) electrons. The Morgan fingerprint density at radius 3 is 2.44 bits per heavy atom. The van der Waals surface area contributed by atoms with Gasteiger partial charge in [0, 0.05) is 11.3 Å². The lowest BCUT2D eigenvalue weighted by atomic mass is 10.1. The number of nitrogens with one attached hydrogen (secondary N) is 2. The first-order valence-electron chi connectivity index (χ1n) is 5.64. The fourth-order valence-corrected chi connectivity index (χ4v) is 1.69. The summed E-state index contributed by atoms with van der Waals surface area (Å²) in [5.41, 5.74) is 5.71. The number of hydrazine groups is 1. The predicted molar refractivity (Wildman–Crippen MR) is 73.4 cm³/mol. The first-order valence-corrected chi connectivity index (χ1v) is 5.64. The van der Waals surface area contributed by atoms with Crippen molar-refractivity contribution in [3.63, 3.8) is 0 Å². The third-order valence-corrected chi connectivity index (χ3v) is 2.68. The number of rotatable bonds is 3. The number of nitrogens with two attached hydrogens (primary N) is 1. The van der Waals surface area contributed by atoms with Crippen molar-refractivity contribution >= 4 is 17.3 Å². The van der Waals surface area contributed by atoms with E-state index in [9.17, 15) is 4.79 Å². The van der Waals surface area contributed by atoms with Crippen LogP contribution in [0.15, 0.2) is 48.5 Å². The molecule has 92 valence electrons. The van der Waals surface area contributed by atoms with Gasteiger partial charge in [-0.1, -0.05) is 18.2 Å². The molecule has 4 N–H and O–H groups in total. The molecule has 0 unspecified atom stereocenters. The zero-order valence-electron chi connectivity index (χ0n) is 10.1. The van der Waals surface area contributed by atoms with E-state index in [0.717, 1.165) is 16.9 Å². The third kappa shape index (κ3) is 2.67. The monoisotopic (exact) mass is 241 g/mol. The van der Waals surface area contributed by atoms with Crippen LogP contribution in [0.4, 0.5) is 11.4 Å². The van der Waals surface area contributed by atoms with Gasteiger partial charge in [-0.3, -0.25) is 10.6 Å². The molecule has 1 amide bonds. The van der Waals surface area contributed by atoms with E-state index in [1.165, 1.54) is 0 Å². The zero-order chi connectivity index (χ0) is 13.0. The highest BCUT2D eigenvalue weighted by Gasteiger charge is 2.07. The number of carbonyl (C=O) groups is 1. The summed E-state index contributed by atoms with van der Waals surface area (Å²) < 4.78 is 0. The van der Waals surface area contributed by atoms with Crippen LogP contribution in [0.3, 0.4) is 0 Å². The normalized spacial score (nSPS) is 9.89. The van der Waals surface area contributed by atoms with E-state index >= 15 is 0 Å². The van der Waals surface area contributed by atoms with Crippen molar-refractivity contribution in [2.24, 2.45) is 5.84 Å². The van der Waals surface area contributed by atoms with E-state index in [4.69, 9.17) is 5.84 Å². The van der Waals surface area contributed by atoms with Gasteiger partial charge in [0.2, 0.25) is 0 Å². The van der Waals surface area contributed by atoms with Crippen molar-refractivity contribution < 1.29 is 4.79 Å². The maximum absolute atomic E-state index is 12.0. The molecule has 0 saturated carbocycles. The van der Waals surface area contributed by atoms with E-state index in [-0.39, 0.29) is 5.91 Å². The maximum Gasteiger partial charge on any atom is 0.255 e. The van der Waals surface area contributed by atoms with E-state index in [1.807, 2.05) is 37.3 Å². The van der Waals surface area contributed by atoms with Crippen molar-refractivity contribution in [3.05, 3.63) is 59.7 Å². The lowest BCUT2D eigenvalue weighted by Gasteiger charge is -2.08. The average Bonchev–Trinajstić information content (AvgIpc) is 2.39. The molecule has 0 heterocycles. The van der Waals surface area contributed by atoms with E-state index in [1.54, 1.807) is 18.2 Å². The van der Waals surface area contributed by atoms with Crippen molar-refractivity contribution in [3.8, 4) is 0 Å². The minimum Gasteiger partial charge on any atom is -0.324 e. The van der Waals surface area contributed by atoms with Crippen LogP contribution >= 0.6 is 0 Å². The predicted octanol–water partition coefficient (Wildman–Crippen LogP) is 2.53.